The molecule has 9 nitrogen and oxygen atoms in total. The number of nitrogens with one attached hydrogen (secondary N) is 2. The van der Waals surface area contributed by atoms with E-state index in [1.807, 2.05) is 5.32 Å². The minimum absolute atomic E-state index is 0.0210. The fraction of sp³-hybridized carbons (Fsp3) is 0.176. The first kappa shape index (κ1) is 18.5. The number of hydrogen-bond acceptors (Lipinski definition) is 7. The van der Waals surface area contributed by atoms with Gasteiger partial charge in [-0.1, -0.05) is 11.6 Å². The molecular weight excluding hydrogens is 378 g/mol. The van der Waals surface area contributed by atoms with Crippen LogP contribution in [-0.2, 0) is 9.53 Å². The van der Waals surface area contributed by atoms with Gasteiger partial charge >= 0.3 is 12.0 Å². The number of esters is 1. The van der Waals surface area contributed by atoms with E-state index in [9.17, 15) is 14.4 Å². The number of amides is 3. The minimum Gasteiger partial charge on any atom is -0.486 e. The van der Waals surface area contributed by atoms with Gasteiger partial charge in [-0.2, -0.15) is 0 Å². The summed E-state index contributed by atoms with van der Waals surface area (Å²) in [5.41, 5.74) is 0.427. The van der Waals surface area contributed by atoms with Crippen LogP contribution < -0.4 is 20.1 Å². The van der Waals surface area contributed by atoms with Crippen LogP contribution in [0.4, 0.5) is 10.5 Å². The maximum Gasteiger partial charge on any atom is 0.341 e. The van der Waals surface area contributed by atoms with Crippen LogP contribution >= 0.6 is 11.6 Å². The number of ether oxygens (including phenoxy) is 3. The van der Waals surface area contributed by atoms with Gasteiger partial charge in [0.2, 0.25) is 0 Å². The summed E-state index contributed by atoms with van der Waals surface area (Å²) >= 11 is 5.76. The van der Waals surface area contributed by atoms with E-state index in [1.165, 1.54) is 18.3 Å². The molecule has 2 N–H and O–H groups in total. The average molecular weight is 392 g/mol. The summed E-state index contributed by atoms with van der Waals surface area (Å²) in [6.07, 6.45) is 1.41. The number of carbonyl (C=O) groups is 3. The van der Waals surface area contributed by atoms with Gasteiger partial charge in [0.05, 0.1) is 5.56 Å². The lowest BCUT2D eigenvalue weighted by Gasteiger charge is -2.19. The van der Waals surface area contributed by atoms with Crippen LogP contribution in [0.25, 0.3) is 0 Å². The predicted octanol–water partition coefficient (Wildman–Crippen LogP) is 2.01. The third-order valence-corrected chi connectivity index (χ3v) is 3.67. The molecule has 0 saturated carbocycles. The van der Waals surface area contributed by atoms with E-state index in [4.69, 9.17) is 25.8 Å². The van der Waals surface area contributed by atoms with Crippen LogP contribution in [0.5, 0.6) is 11.5 Å². The summed E-state index contributed by atoms with van der Waals surface area (Å²) in [6.45, 7) is 0.212. The van der Waals surface area contributed by atoms with Crippen LogP contribution in [0.3, 0.4) is 0 Å². The maximum absolute atomic E-state index is 11.9. The number of anilines is 1. The van der Waals surface area contributed by atoms with Crippen molar-refractivity contribution in [3.8, 4) is 11.5 Å². The van der Waals surface area contributed by atoms with E-state index in [-0.39, 0.29) is 10.7 Å². The number of nitrogens with zero attached hydrogens (tertiary/aromatic N) is 1. The zero-order valence-corrected chi connectivity index (χ0v) is 14.6. The number of pyridine rings is 1. The van der Waals surface area contributed by atoms with Gasteiger partial charge in [-0.25, -0.2) is 14.6 Å². The third kappa shape index (κ3) is 4.85. The van der Waals surface area contributed by atoms with Crippen LogP contribution in [0.2, 0.25) is 5.15 Å². The Labute approximate surface area is 158 Å². The van der Waals surface area contributed by atoms with E-state index in [2.05, 4.69) is 10.3 Å². The first-order valence-electron chi connectivity index (χ1n) is 7.81. The fourth-order valence-corrected chi connectivity index (χ4v) is 2.39. The quantitative estimate of drug-likeness (QED) is 0.605. The standard InChI is InChI=1S/C17H14ClN3O6/c18-15-11(2-1-5-19-15)16(23)27-9-14(22)21-17(24)20-10-3-4-12-13(8-10)26-7-6-25-12/h1-5,8H,6-7,9H2,(H2,20,21,22,24). The number of benzene rings is 1. The second kappa shape index (κ2) is 8.37. The average Bonchev–Trinajstić information content (AvgIpc) is 2.66. The van der Waals surface area contributed by atoms with Gasteiger partial charge < -0.3 is 19.5 Å². The van der Waals surface area contributed by atoms with E-state index < -0.39 is 24.5 Å². The first-order valence-corrected chi connectivity index (χ1v) is 8.19. The lowest BCUT2D eigenvalue weighted by molar-refractivity contribution is -0.123. The zero-order chi connectivity index (χ0) is 19.2. The Balaban J connectivity index is 1.48. The normalized spacial score (nSPS) is 12.0. The summed E-state index contributed by atoms with van der Waals surface area (Å²) in [5, 5.41) is 4.47. The molecule has 1 aromatic heterocycles. The number of carbonyl (C=O) groups excluding carboxylic acids is 3. The summed E-state index contributed by atoms with van der Waals surface area (Å²) in [4.78, 5) is 39.2. The molecule has 0 fully saturated rings. The summed E-state index contributed by atoms with van der Waals surface area (Å²) in [7, 11) is 0. The van der Waals surface area contributed by atoms with Crippen molar-refractivity contribution in [3.05, 3.63) is 47.2 Å². The molecule has 0 saturated heterocycles. The van der Waals surface area contributed by atoms with E-state index in [0.29, 0.717) is 30.4 Å². The minimum atomic E-state index is -0.824. The smallest absolute Gasteiger partial charge is 0.341 e. The number of aromatic nitrogens is 1. The van der Waals surface area contributed by atoms with Crippen molar-refractivity contribution in [2.24, 2.45) is 0 Å². The van der Waals surface area contributed by atoms with Crippen molar-refractivity contribution in [2.45, 2.75) is 0 Å². The van der Waals surface area contributed by atoms with Crippen molar-refractivity contribution < 1.29 is 28.6 Å². The molecule has 0 radical (unpaired) electrons. The molecule has 0 aliphatic carbocycles. The highest BCUT2D eigenvalue weighted by atomic mass is 35.5. The summed E-state index contributed by atoms with van der Waals surface area (Å²) in [6, 6.07) is 6.94. The number of urea groups is 1. The Morgan fingerprint density at radius 1 is 1.15 bits per heavy atom. The third-order valence-electron chi connectivity index (χ3n) is 3.37. The molecule has 1 aliphatic rings. The van der Waals surface area contributed by atoms with Crippen molar-refractivity contribution in [1.29, 1.82) is 0 Å². The van der Waals surface area contributed by atoms with Gasteiger partial charge in [-0.3, -0.25) is 10.1 Å². The highest BCUT2D eigenvalue weighted by Gasteiger charge is 2.16. The molecule has 1 aliphatic heterocycles. The van der Waals surface area contributed by atoms with Gasteiger partial charge in [0.1, 0.15) is 18.4 Å². The maximum atomic E-state index is 11.9. The lowest BCUT2D eigenvalue weighted by atomic mass is 10.2. The molecule has 140 valence electrons. The molecule has 2 heterocycles. The van der Waals surface area contributed by atoms with E-state index in [1.54, 1.807) is 18.2 Å². The lowest BCUT2D eigenvalue weighted by Crippen LogP contribution is -2.37. The SMILES string of the molecule is O=C(COC(=O)c1cccnc1Cl)NC(=O)Nc1ccc2c(c1)OCCO2. The van der Waals surface area contributed by atoms with Crippen molar-refractivity contribution >= 4 is 35.2 Å². The highest BCUT2D eigenvalue weighted by molar-refractivity contribution is 6.32. The molecule has 10 heteroatoms. The molecule has 0 unspecified atom stereocenters. The monoisotopic (exact) mass is 391 g/mol. The van der Waals surface area contributed by atoms with Crippen molar-refractivity contribution in [1.82, 2.24) is 10.3 Å². The molecule has 0 bridgehead atoms. The van der Waals surface area contributed by atoms with Crippen LogP contribution in [-0.4, -0.2) is 42.7 Å². The molecule has 3 rings (SSSR count). The Bertz CT molecular complexity index is 889. The molecule has 0 spiro atoms. The van der Waals surface area contributed by atoms with Crippen LogP contribution in [0, 0.1) is 0 Å². The zero-order valence-electron chi connectivity index (χ0n) is 13.9. The molecule has 1 aromatic carbocycles. The van der Waals surface area contributed by atoms with E-state index in [0.717, 1.165) is 0 Å². The Kier molecular flexibility index (Phi) is 5.72. The Morgan fingerprint density at radius 2 is 1.93 bits per heavy atom. The van der Waals surface area contributed by atoms with Gasteiger partial charge in [0.15, 0.2) is 18.1 Å². The van der Waals surface area contributed by atoms with Gasteiger partial charge in [0, 0.05) is 18.0 Å². The Hall–Kier alpha value is -3.33. The fourth-order valence-electron chi connectivity index (χ4n) is 2.19. The molecule has 27 heavy (non-hydrogen) atoms. The van der Waals surface area contributed by atoms with E-state index >= 15 is 0 Å². The van der Waals surface area contributed by atoms with Crippen molar-refractivity contribution in [2.75, 3.05) is 25.1 Å². The molecular formula is C17H14ClN3O6. The summed E-state index contributed by atoms with van der Waals surface area (Å²) < 4.78 is 15.6. The molecule has 0 atom stereocenters. The first-order chi connectivity index (χ1) is 13.0. The topological polar surface area (TPSA) is 116 Å². The largest absolute Gasteiger partial charge is 0.486 e. The van der Waals surface area contributed by atoms with Gasteiger partial charge in [-0.05, 0) is 24.3 Å². The number of hydrogen-bond donors (Lipinski definition) is 2. The second-order valence-electron chi connectivity index (χ2n) is 5.28. The Morgan fingerprint density at radius 3 is 2.70 bits per heavy atom. The number of halogens is 1. The molecule has 2 aromatic rings. The molecule has 3 amide bonds. The highest BCUT2D eigenvalue weighted by Crippen LogP contribution is 2.32. The van der Waals surface area contributed by atoms with Gasteiger partial charge in [0.25, 0.3) is 5.91 Å². The number of imide groups is 1. The van der Waals surface area contributed by atoms with Crippen LogP contribution in [0.1, 0.15) is 10.4 Å². The van der Waals surface area contributed by atoms with Crippen molar-refractivity contribution in [3.63, 3.8) is 0 Å². The van der Waals surface area contributed by atoms with Gasteiger partial charge in [-0.15, -0.1) is 0 Å². The number of fused-ring (bicyclic) bond motifs is 1. The van der Waals surface area contributed by atoms with Crippen LogP contribution in [0.15, 0.2) is 36.5 Å². The summed E-state index contributed by atoms with van der Waals surface area (Å²) in [5.74, 6) is -0.564. The number of rotatable bonds is 4. The predicted molar refractivity (Wildman–Crippen MR) is 94.1 cm³/mol. The second-order valence-corrected chi connectivity index (χ2v) is 5.64.